The number of benzene rings is 1. The van der Waals surface area contributed by atoms with Crippen molar-refractivity contribution < 1.29 is 4.74 Å². The van der Waals surface area contributed by atoms with Crippen LogP contribution in [-0.4, -0.2) is 24.7 Å². The van der Waals surface area contributed by atoms with Gasteiger partial charge in [-0.25, -0.2) is 0 Å². The minimum Gasteiger partial charge on any atom is -0.494 e. The first kappa shape index (κ1) is 13.8. The van der Waals surface area contributed by atoms with Crippen LogP contribution < -0.4 is 10.1 Å². The second-order valence-electron chi connectivity index (χ2n) is 4.66. The fourth-order valence-corrected chi connectivity index (χ4v) is 3.85. The third-order valence-corrected chi connectivity index (χ3v) is 4.58. The van der Waals surface area contributed by atoms with E-state index in [0.717, 1.165) is 24.8 Å². The Morgan fingerprint density at radius 2 is 2.33 bits per heavy atom. The van der Waals surface area contributed by atoms with Gasteiger partial charge < -0.3 is 10.1 Å². The number of hydrogen-bond acceptors (Lipinski definition) is 3. The van der Waals surface area contributed by atoms with Crippen LogP contribution in [0.3, 0.4) is 0 Å². The summed E-state index contributed by atoms with van der Waals surface area (Å²) in [5, 5.41) is 3.64. The molecule has 1 heterocycles. The molecule has 2 rings (SSSR count). The molecule has 2 nitrogen and oxygen atoms in total. The van der Waals surface area contributed by atoms with Crippen LogP contribution in [0.2, 0.25) is 0 Å². The number of nitrogens with one attached hydrogen (secondary N) is 1. The Kier molecular flexibility index (Phi) is 5.39. The van der Waals surface area contributed by atoms with Crippen LogP contribution in [0.5, 0.6) is 5.75 Å². The molecule has 0 aliphatic carbocycles. The van der Waals surface area contributed by atoms with Crippen LogP contribution in [0.15, 0.2) is 24.3 Å². The number of ether oxygens (including phenoxy) is 1. The molecule has 0 bridgehead atoms. The average molecular weight is 265 g/mol. The second kappa shape index (κ2) is 7.05. The highest BCUT2D eigenvalue weighted by molar-refractivity contribution is 7.99. The molecule has 18 heavy (non-hydrogen) atoms. The summed E-state index contributed by atoms with van der Waals surface area (Å²) in [6.07, 6.45) is 1.32. The zero-order valence-electron chi connectivity index (χ0n) is 11.3. The minimum absolute atomic E-state index is 0.477. The maximum Gasteiger partial charge on any atom is 0.119 e. The summed E-state index contributed by atoms with van der Waals surface area (Å²) >= 11 is 2.07. The van der Waals surface area contributed by atoms with Crippen LogP contribution in [0.25, 0.3) is 0 Å². The zero-order valence-corrected chi connectivity index (χ0v) is 12.1. The second-order valence-corrected chi connectivity index (χ2v) is 5.81. The van der Waals surface area contributed by atoms with E-state index in [-0.39, 0.29) is 0 Å². The van der Waals surface area contributed by atoms with Gasteiger partial charge >= 0.3 is 0 Å². The van der Waals surface area contributed by atoms with E-state index in [9.17, 15) is 0 Å². The van der Waals surface area contributed by atoms with Gasteiger partial charge in [-0.2, -0.15) is 11.8 Å². The Hall–Kier alpha value is -0.670. The summed E-state index contributed by atoms with van der Waals surface area (Å²) in [5.41, 5.74) is 1.37. The van der Waals surface area contributed by atoms with E-state index >= 15 is 0 Å². The molecule has 0 aromatic heterocycles. The van der Waals surface area contributed by atoms with Crippen molar-refractivity contribution in [3.8, 4) is 5.75 Å². The van der Waals surface area contributed by atoms with Crippen LogP contribution in [0.4, 0.5) is 0 Å². The van der Waals surface area contributed by atoms with E-state index in [1.54, 1.807) is 0 Å². The van der Waals surface area contributed by atoms with Gasteiger partial charge in [0.15, 0.2) is 0 Å². The maximum atomic E-state index is 5.60. The Morgan fingerprint density at radius 3 is 3.00 bits per heavy atom. The fourth-order valence-electron chi connectivity index (χ4n) is 2.56. The standard InChI is InChI=1S/C15H23NOS/c1-3-16-15(13-8-9-18-11-13)12-6-5-7-14(10-12)17-4-2/h5-7,10,13,15-16H,3-4,8-9,11H2,1-2H3. The van der Waals surface area contributed by atoms with Crippen LogP contribution >= 0.6 is 11.8 Å². The molecule has 1 N–H and O–H groups in total. The van der Waals surface area contributed by atoms with Gasteiger partial charge in [-0.1, -0.05) is 19.1 Å². The zero-order chi connectivity index (χ0) is 12.8. The topological polar surface area (TPSA) is 21.3 Å². The molecule has 3 heteroatoms. The molecule has 0 saturated carbocycles. The number of hydrogen-bond donors (Lipinski definition) is 1. The number of thioether (sulfide) groups is 1. The van der Waals surface area contributed by atoms with Gasteiger partial charge in [0, 0.05) is 6.04 Å². The largest absolute Gasteiger partial charge is 0.494 e. The lowest BCUT2D eigenvalue weighted by Gasteiger charge is -2.24. The molecule has 0 amide bonds. The lowest BCUT2D eigenvalue weighted by molar-refractivity contribution is 0.337. The van der Waals surface area contributed by atoms with Gasteiger partial charge in [0.2, 0.25) is 0 Å². The van der Waals surface area contributed by atoms with Gasteiger partial charge in [0.25, 0.3) is 0 Å². The van der Waals surface area contributed by atoms with Crippen molar-refractivity contribution in [3.63, 3.8) is 0 Å². The van der Waals surface area contributed by atoms with Crippen LogP contribution in [0, 0.1) is 5.92 Å². The highest BCUT2D eigenvalue weighted by Gasteiger charge is 2.26. The highest BCUT2D eigenvalue weighted by atomic mass is 32.2. The molecule has 1 aromatic rings. The van der Waals surface area contributed by atoms with Gasteiger partial charge in [-0.3, -0.25) is 0 Å². The van der Waals surface area contributed by atoms with E-state index in [1.807, 2.05) is 13.0 Å². The molecular weight excluding hydrogens is 242 g/mol. The average Bonchev–Trinajstić information content (AvgIpc) is 2.90. The summed E-state index contributed by atoms with van der Waals surface area (Å²) in [6.45, 7) is 5.96. The molecule has 2 unspecified atom stereocenters. The Balaban J connectivity index is 2.15. The summed E-state index contributed by atoms with van der Waals surface area (Å²) in [4.78, 5) is 0. The summed E-state index contributed by atoms with van der Waals surface area (Å²) in [6, 6.07) is 9.04. The maximum absolute atomic E-state index is 5.60. The van der Waals surface area contributed by atoms with Gasteiger partial charge in [-0.05, 0) is 55.0 Å². The smallest absolute Gasteiger partial charge is 0.119 e. The quantitative estimate of drug-likeness (QED) is 0.851. The summed E-state index contributed by atoms with van der Waals surface area (Å²) < 4.78 is 5.60. The highest BCUT2D eigenvalue weighted by Crippen LogP contribution is 2.35. The van der Waals surface area contributed by atoms with E-state index in [1.165, 1.54) is 23.5 Å². The van der Waals surface area contributed by atoms with Crippen molar-refractivity contribution in [2.45, 2.75) is 26.3 Å². The first-order valence-electron chi connectivity index (χ1n) is 6.89. The lowest BCUT2D eigenvalue weighted by atomic mass is 9.92. The van der Waals surface area contributed by atoms with E-state index < -0.39 is 0 Å². The summed E-state index contributed by atoms with van der Waals surface area (Å²) in [5.74, 6) is 4.32. The van der Waals surface area contributed by atoms with Crippen molar-refractivity contribution in [3.05, 3.63) is 29.8 Å². The summed E-state index contributed by atoms with van der Waals surface area (Å²) in [7, 11) is 0. The predicted octanol–water partition coefficient (Wildman–Crippen LogP) is 3.49. The van der Waals surface area contributed by atoms with E-state index in [2.05, 4.69) is 42.2 Å². The van der Waals surface area contributed by atoms with Crippen molar-refractivity contribution in [1.29, 1.82) is 0 Å². The first-order valence-corrected chi connectivity index (χ1v) is 8.04. The number of rotatable bonds is 6. The molecule has 1 aromatic carbocycles. The molecular formula is C15H23NOS. The molecule has 1 fully saturated rings. The van der Waals surface area contributed by atoms with Gasteiger partial charge in [0.1, 0.15) is 5.75 Å². The van der Waals surface area contributed by atoms with Gasteiger partial charge in [-0.15, -0.1) is 0 Å². The Labute approximate surface area is 114 Å². The normalized spacial score (nSPS) is 20.9. The van der Waals surface area contributed by atoms with Crippen molar-refractivity contribution in [1.82, 2.24) is 5.32 Å². The lowest BCUT2D eigenvalue weighted by Crippen LogP contribution is -2.28. The van der Waals surface area contributed by atoms with E-state index in [0.29, 0.717) is 6.04 Å². The Bertz CT molecular complexity index is 363. The molecule has 2 atom stereocenters. The Morgan fingerprint density at radius 1 is 1.44 bits per heavy atom. The van der Waals surface area contributed by atoms with Gasteiger partial charge in [0.05, 0.1) is 6.61 Å². The minimum atomic E-state index is 0.477. The third-order valence-electron chi connectivity index (χ3n) is 3.39. The fraction of sp³-hybridized carbons (Fsp3) is 0.600. The molecule has 1 aliphatic heterocycles. The van der Waals surface area contributed by atoms with Crippen LogP contribution in [0.1, 0.15) is 31.9 Å². The molecule has 1 aliphatic rings. The SMILES string of the molecule is CCNC(c1cccc(OCC)c1)C1CCSC1. The molecule has 1 saturated heterocycles. The van der Waals surface area contributed by atoms with Crippen LogP contribution in [-0.2, 0) is 0 Å². The molecule has 0 spiro atoms. The van der Waals surface area contributed by atoms with Crippen molar-refractivity contribution >= 4 is 11.8 Å². The molecule has 0 radical (unpaired) electrons. The van der Waals surface area contributed by atoms with Crippen molar-refractivity contribution in [2.75, 3.05) is 24.7 Å². The molecule has 100 valence electrons. The first-order chi connectivity index (χ1) is 8.85. The predicted molar refractivity (Wildman–Crippen MR) is 79.5 cm³/mol. The van der Waals surface area contributed by atoms with E-state index in [4.69, 9.17) is 4.74 Å². The third kappa shape index (κ3) is 3.42. The van der Waals surface area contributed by atoms with Crippen molar-refractivity contribution in [2.24, 2.45) is 5.92 Å². The monoisotopic (exact) mass is 265 g/mol.